The molecule has 2 atom stereocenters. The fourth-order valence-corrected chi connectivity index (χ4v) is 3.02. The molecule has 0 radical (unpaired) electrons. The summed E-state index contributed by atoms with van der Waals surface area (Å²) in [5.41, 5.74) is 3.15. The molecule has 1 aliphatic carbocycles. The number of nitrogens with one attached hydrogen (secondary N) is 1. The van der Waals surface area contributed by atoms with E-state index in [1.165, 1.54) is 24.1 Å². The maximum Gasteiger partial charge on any atom is 0.0372 e. The van der Waals surface area contributed by atoms with Crippen molar-refractivity contribution < 1.29 is 0 Å². The van der Waals surface area contributed by atoms with Crippen molar-refractivity contribution in [2.75, 3.05) is 5.32 Å². The van der Waals surface area contributed by atoms with Gasteiger partial charge in [-0.3, -0.25) is 0 Å². The molecule has 1 aromatic carbocycles. The SMILES string of the molecule is Cc1ccccc1NC1CC(C)(C)CC1C. The Morgan fingerprint density at radius 1 is 1.19 bits per heavy atom. The van der Waals surface area contributed by atoms with Gasteiger partial charge in [-0.2, -0.15) is 0 Å². The Bertz CT molecular complexity index is 367. The van der Waals surface area contributed by atoms with E-state index in [-0.39, 0.29) is 0 Å². The van der Waals surface area contributed by atoms with Gasteiger partial charge >= 0.3 is 0 Å². The number of para-hydroxylation sites is 1. The standard InChI is InChI=1S/C15H23N/c1-11-7-5-6-8-13(11)16-14-10-15(3,4)9-12(14)2/h5-8,12,14,16H,9-10H2,1-4H3. The van der Waals surface area contributed by atoms with Crippen LogP contribution in [0.2, 0.25) is 0 Å². The van der Waals surface area contributed by atoms with Gasteiger partial charge in [-0.25, -0.2) is 0 Å². The third-order valence-electron chi connectivity index (χ3n) is 3.82. The summed E-state index contributed by atoms with van der Waals surface area (Å²) in [6.45, 7) is 9.30. The third-order valence-corrected chi connectivity index (χ3v) is 3.82. The third kappa shape index (κ3) is 2.40. The van der Waals surface area contributed by atoms with E-state index >= 15 is 0 Å². The highest BCUT2D eigenvalue weighted by atomic mass is 14.9. The number of anilines is 1. The van der Waals surface area contributed by atoms with E-state index in [1.807, 2.05) is 0 Å². The summed E-state index contributed by atoms with van der Waals surface area (Å²) >= 11 is 0. The van der Waals surface area contributed by atoms with Crippen LogP contribution in [0.5, 0.6) is 0 Å². The fourth-order valence-electron chi connectivity index (χ4n) is 3.02. The average Bonchev–Trinajstić information content (AvgIpc) is 2.44. The van der Waals surface area contributed by atoms with Gasteiger partial charge in [0.05, 0.1) is 0 Å². The summed E-state index contributed by atoms with van der Waals surface area (Å²) in [6, 6.07) is 9.21. The lowest BCUT2D eigenvalue weighted by molar-refractivity contribution is 0.366. The van der Waals surface area contributed by atoms with E-state index < -0.39 is 0 Å². The topological polar surface area (TPSA) is 12.0 Å². The molecule has 0 heterocycles. The Balaban J connectivity index is 2.09. The number of benzene rings is 1. The minimum Gasteiger partial charge on any atom is -0.382 e. The van der Waals surface area contributed by atoms with Crippen molar-refractivity contribution in [2.24, 2.45) is 11.3 Å². The van der Waals surface area contributed by atoms with Crippen LogP contribution in [-0.2, 0) is 0 Å². The van der Waals surface area contributed by atoms with E-state index in [2.05, 4.69) is 57.3 Å². The van der Waals surface area contributed by atoms with Gasteiger partial charge in [0.2, 0.25) is 0 Å². The smallest absolute Gasteiger partial charge is 0.0372 e. The number of hydrogen-bond acceptors (Lipinski definition) is 1. The van der Waals surface area contributed by atoms with Crippen molar-refractivity contribution in [1.29, 1.82) is 0 Å². The highest BCUT2D eigenvalue weighted by Gasteiger charge is 2.36. The summed E-state index contributed by atoms with van der Waals surface area (Å²) in [7, 11) is 0. The highest BCUT2D eigenvalue weighted by Crippen LogP contribution is 2.42. The first-order chi connectivity index (χ1) is 7.48. The Kier molecular flexibility index (Phi) is 2.96. The molecule has 88 valence electrons. The van der Waals surface area contributed by atoms with Crippen molar-refractivity contribution in [3.8, 4) is 0 Å². The molecule has 0 bridgehead atoms. The second-order valence-corrected chi connectivity index (χ2v) is 6.12. The number of hydrogen-bond donors (Lipinski definition) is 1. The average molecular weight is 217 g/mol. The second kappa shape index (κ2) is 4.12. The monoisotopic (exact) mass is 217 g/mol. The molecule has 2 rings (SSSR count). The van der Waals surface area contributed by atoms with E-state index in [9.17, 15) is 0 Å². The molecule has 1 heteroatoms. The summed E-state index contributed by atoms with van der Waals surface area (Å²) in [6.07, 6.45) is 2.61. The van der Waals surface area contributed by atoms with Crippen LogP contribution in [0, 0.1) is 18.3 Å². The van der Waals surface area contributed by atoms with Gasteiger partial charge in [0.1, 0.15) is 0 Å². The molecule has 0 saturated heterocycles. The predicted octanol–water partition coefficient (Wildman–Crippen LogP) is 4.23. The predicted molar refractivity (Wildman–Crippen MR) is 70.8 cm³/mol. The summed E-state index contributed by atoms with van der Waals surface area (Å²) in [4.78, 5) is 0. The lowest BCUT2D eigenvalue weighted by Gasteiger charge is -2.21. The Labute approximate surface area is 99.3 Å². The van der Waals surface area contributed by atoms with Gasteiger partial charge in [0.25, 0.3) is 0 Å². The summed E-state index contributed by atoms with van der Waals surface area (Å²) in [5, 5.41) is 3.71. The second-order valence-electron chi connectivity index (χ2n) is 6.12. The van der Waals surface area contributed by atoms with Crippen molar-refractivity contribution in [3.63, 3.8) is 0 Å². The maximum absolute atomic E-state index is 3.71. The molecule has 2 unspecified atom stereocenters. The van der Waals surface area contributed by atoms with Gasteiger partial charge in [0, 0.05) is 11.7 Å². The van der Waals surface area contributed by atoms with Crippen LogP contribution in [0.3, 0.4) is 0 Å². The quantitative estimate of drug-likeness (QED) is 0.781. The normalized spacial score (nSPS) is 28.0. The van der Waals surface area contributed by atoms with Crippen molar-refractivity contribution in [3.05, 3.63) is 29.8 Å². The zero-order valence-electron chi connectivity index (χ0n) is 10.9. The molecule has 1 nitrogen and oxygen atoms in total. The minimum absolute atomic E-state index is 0.500. The first kappa shape index (κ1) is 11.5. The van der Waals surface area contributed by atoms with Gasteiger partial charge in [-0.05, 0) is 42.7 Å². The largest absolute Gasteiger partial charge is 0.382 e. The molecular formula is C15H23N. The zero-order valence-corrected chi connectivity index (χ0v) is 10.9. The van der Waals surface area contributed by atoms with Crippen LogP contribution in [-0.4, -0.2) is 6.04 Å². The Morgan fingerprint density at radius 3 is 2.44 bits per heavy atom. The van der Waals surface area contributed by atoms with E-state index in [0.29, 0.717) is 11.5 Å². The minimum atomic E-state index is 0.500. The Morgan fingerprint density at radius 2 is 1.88 bits per heavy atom. The van der Waals surface area contributed by atoms with Crippen LogP contribution in [0.25, 0.3) is 0 Å². The molecule has 0 aliphatic heterocycles. The number of aryl methyl sites for hydroxylation is 1. The van der Waals surface area contributed by atoms with E-state index in [4.69, 9.17) is 0 Å². The van der Waals surface area contributed by atoms with E-state index in [1.54, 1.807) is 0 Å². The molecule has 1 fully saturated rings. The molecule has 16 heavy (non-hydrogen) atoms. The van der Waals surface area contributed by atoms with Crippen LogP contribution in [0.15, 0.2) is 24.3 Å². The Hall–Kier alpha value is -0.980. The molecule has 1 aliphatic rings. The molecular weight excluding hydrogens is 194 g/mol. The highest BCUT2D eigenvalue weighted by molar-refractivity contribution is 5.51. The maximum atomic E-state index is 3.71. The molecule has 0 spiro atoms. The van der Waals surface area contributed by atoms with Crippen LogP contribution in [0.4, 0.5) is 5.69 Å². The number of rotatable bonds is 2. The van der Waals surface area contributed by atoms with Crippen LogP contribution < -0.4 is 5.32 Å². The van der Waals surface area contributed by atoms with Gasteiger partial charge < -0.3 is 5.32 Å². The lowest BCUT2D eigenvalue weighted by atomic mass is 9.91. The van der Waals surface area contributed by atoms with Crippen molar-refractivity contribution in [1.82, 2.24) is 0 Å². The van der Waals surface area contributed by atoms with Gasteiger partial charge in [0.15, 0.2) is 0 Å². The fraction of sp³-hybridized carbons (Fsp3) is 0.600. The summed E-state index contributed by atoms with van der Waals surface area (Å²) in [5.74, 6) is 0.773. The molecule has 1 saturated carbocycles. The van der Waals surface area contributed by atoms with Crippen molar-refractivity contribution >= 4 is 5.69 Å². The van der Waals surface area contributed by atoms with Crippen molar-refractivity contribution in [2.45, 2.75) is 46.6 Å². The zero-order chi connectivity index (χ0) is 11.8. The van der Waals surface area contributed by atoms with Gasteiger partial charge in [-0.1, -0.05) is 39.0 Å². The first-order valence-electron chi connectivity index (χ1n) is 6.30. The summed E-state index contributed by atoms with van der Waals surface area (Å²) < 4.78 is 0. The molecule has 0 aromatic heterocycles. The molecule has 1 N–H and O–H groups in total. The molecule has 1 aromatic rings. The van der Waals surface area contributed by atoms with E-state index in [0.717, 1.165) is 5.92 Å². The van der Waals surface area contributed by atoms with Gasteiger partial charge in [-0.15, -0.1) is 0 Å². The lowest BCUT2D eigenvalue weighted by Crippen LogP contribution is -2.22. The molecule has 0 amide bonds. The first-order valence-corrected chi connectivity index (χ1v) is 6.30. The van der Waals surface area contributed by atoms with Crippen LogP contribution in [0.1, 0.15) is 39.2 Å². The van der Waals surface area contributed by atoms with Crippen LogP contribution >= 0.6 is 0 Å².